The van der Waals surface area contributed by atoms with Crippen LogP contribution in [0.5, 0.6) is 0 Å². The number of nitrogens with zero attached hydrogens (tertiary/aromatic N) is 2. The first-order valence-corrected chi connectivity index (χ1v) is 8.90. The van der Waals surface area contributed by atoms with Crippen LogP contribution < -0.4 is 11.2 Å². The van der Waals surface area contributed by atoms with Gasteiger partial charge in [-0.3, -0.25) is 19.4 Å². The van der Waals surface area contributed by atoms with Gasteiger partial charge in [-0.1, -0.05) is 0 Å². The van der Waals surface area contributed by atoms with Crippen molar-refractivity contribution in [2.75, 3.05) is 39.9 Å². The standard InChI is InChI=1S/C19H26N4O3/c1-13(23-5-7-26-8-6-23)11-22(2)12-15-10-18(24)16-9-14(19(20)25)3-4-17(16)21-15/h3-4,9-10,13H,5-8,11-12H2,1-2H3,(H2,20,25)(H,21,24)/t13-/m1/s1. The number of morpholine rings is 1. The molecular weight excluding hydrogens is 332 g/mol. The average Bonchev–Trinajstić information content (AvgIpc) is 2.62. The smallest absolute Gasteiger partial charge is 0.248 e. The number of carbonyl (C=O) groups excluding carboxylic acids is 1. The van der Waals surface area contributed by atoms with E-state index in [4.69, 9.17) is 10.5 Å². The lowest BCUT2D eigenvalue weighted by Gasteiger charge is -2.34. The summed E-state index contributed by atoms with van der Waals surface area (Å²) in [6.07, 6.45) is 0. The number of nitrogens with two attached hydrogens (primary N) is 1. The molecule has 7 heteroatoms. The van der Waals surface area contributed by atoms with Crippen molar-refractivity contribution < 1.29 is 9.53 Å². The number of ether oxygens (including phenoxy) is 1. The fourth-order valence-corrected chi connectivity index (χ4v) is 3.48. The highest BCUT2D eigenvalue weighted by Gasteiger charge is 2.18. The number of hydrogen-bond acceptors (Lipinski definition) is 5. The van der Waals surface area contributed by atoms with E-state index in [-0.39, 0.29) is 5.43 Å². The van der Waals surface area contributed by atoms with Crippen LogP contribution in [-0.4, -0.2) is 66.6 Å². The molecule has 1 aliphatic rings. The topological polar surface area (TPSA) is 91.7 Å². The average molecular weight is 358 g/mol. The first-order chi connectivity index (χ1) is 12.4. The van der Waals surface area contributed by atoms with Crippen LogP contribution in [0.4, 0.5) is 0 Å². The Balaban J connectivity index is 1.70. The van der Waals surface area contributed by atoms with Crippen LogP contribution in [0, 0.1) is 0 Å². The van der Waals surface area contributed by atoms with Crippen molar-refractivity contribution in [1.29, 1.82) is 0 Å². The van der Waals surface area contributed by atoms with E-state index in [1.807, 2.05) is 0 Å². The van der Waals surface area contributed by atoms with Gasteiger partial charge in [-0.05, 0) is 32.2 Å². The van der Waals surface area contributed by atoms with Gasteiger partial charge in [-0.25, -0.2) is 0 Å². The number of carbonyl (C=O) groups is 1. The number of rotatable bonds is 6. The Kier molecular flexibility index (Phi) is 5.70. The van der Waals surface area contributed by atoms with Gasteiger partial charge in [0.1, 0.15) is 0 Å². The van der Waals surface area contributed by atoms with Crippen molar-refractivity contribution in [3.8, 4) is 0 Å². The zero-order valence-electron chi connectivity index (χ0n) is 15.3. The van der Waals surface area contributed by atoms with Gasteiger partial charge in [0.25, 0.3) is 0 Å². The minimum Gasteiger partial charge on any atom is -0.379 e. The fraction of sp³-hybridized carbons (Fsp3) is 0.474. The van der Waals surface area contributed by atoms with Gasteiger partial charge in [-0.2, -0.15) is 0 Å². The van der Waals surface area contributed by atoms with Crippen molar-refractivity contribution in [1.82, 2.24) is 14.8 Å². The lowest BCUT2D eigenvalue weighted by atomic mass is 10.1. The van der Waals surface area contributed by atoms with Gasteiger partial charge in [0, 0.05) is 60.4 Å². The molecule has 7 nitrogen and oxygen atoms in total. The normalized spacial score (nSPS) is 16.9. The lowest BCUT2D eigenvalue weighted by Crippen LogP contribution is -2.46. The van der Waals surface area contributed by atoms with E-state index >= 15 is 0 Å². The molecule has 0 aliphatic carbocycles. The number of nitrogens with one attached hydrogen (secondary N) is 1. The molecule has 1 fully saturated rings. The summed E-state index contributed by atoms with van der Waals surface area (Å²) in [5, 5.41) is 0.481. The molecule has 3 N–H and O–H groups in total. The molecular formula is C19H26N4O3. The third-order valence-electron chi connectivity index (χ3n) is 4.86. The lowest BCUT2D eigenvalue weighted by molar-refractivity contribution is 0.0136. The number of hydrogen-bond donors (Lipinski definition) is 2. The molecule has 0 radical (unpaired) electrons. The Labute approximate surface area is 152 Å². The van der Waals surface area contributed by atoms with Crippen LogP contribution >= 0.6 is 0 Å². The monoisotopic (exact) mass is 358 g/mol. The van der Waals surface area contributed by atoms with Gasteiger partial charge < -0.3 is 15.5 Å². The molecule has 1 aromatic heterocycles. The number of likely N-dealkylation sites (N-methyl/N-ethyl adjacent to an activating group) is 1. The van der Waals surface area contributed by atoms with Crippen LogP contribution in [0.15, 0.2) is 29.1 Å². The number of aromatic nitrogens is 1. The minimum atomic E-state index is -0.535. The van der Waals surface area contributed by atoms with E-state index in [1.165, 1.54) is 0 Å². The van der Waals surface area contributed by atoms with Crippen LogP contribution in [0.25, 0.3) is 10.9 Å². The van der Waals surface area contributed by atoms with Gasteiger partial charge in [0.2, 0.25) is 5.91 Å². The molecule has 1 aliphatic heterocycles. The Bertz CT molecular complexity index is 842. The quantitative estimate of drug-likeness (QED) is 0.796. The molecule has 0 bridgehead atoms. The Morgan fingerprint density at radius 2 is 2.08 bits per heavy atom. The molecule has 1 aromatic carbocycles. The Hall–Kier alpha value is -2.22. The zero-order chi connectivity index (χ0) is 18.7. The first-order valence-electron chi connectivity index (χ1n) is 8.90. The van der Waals surface area contributed by atoms with Crippen molar-refractivity contribution in [2.24, 2.45) is 5.73 Å². The highest BCUT2D eigenvalue weighted by atomic mass is 16.5. The summed E-state index contributed by atoms with van der Waals surface area (Å²) in [6, 6.07) is 6.94. The van der Waals surface area contributed by atoms with E-state index < -0.39 is 5.91 Å². The predicted molar refractivity (Wildman–Crippen MR) is 101 cm³/mol. The van der Waals surface area contributed by atoms with E-state index in [1.54, 1.807) is 24.3 Å². The van der Waals surface area contributed by atoms with Crippen LogP contribution in [-0.2, 0) is 11.3 Å². The van der Waals surface area contributed by atoms with E-state index in [9.17, 15) is 9.59 Å². The van der Waals surface area contributed by atoms with Crippen LogP contribution in [0.2, 0.25) is 0 Å². The Morgan fingerprint density at radius 3 is 2.77 bits per heavy atom. The molecule has 1 amide bonds. The number of benzene rings is 1. The number of pyridine rings is 1. The molecule has 0 saturated carbocycles. The second-order valence-corrected chi connectivity index (χ2v) is 6.98. The van der Waals surface area contributed by atoms with Crippen molar-refractivity contribution in [3.05, 3.63) is 45.7 Å². The van der Waals surface area contributed by atoms with Gasteiger partial charge >= 0.3 is 0 Å². The van der Waals surface area contributed by atoms with Crippen molar-refractivity contribution in [3.63, 3.8) is 0 Å². The number of amides is 1. The van der Waals surface area contributed by atoms with Gasteiger partial charge in [0.15, 0.2) is 5.43 Å². The summed E-state index contributed by atoms with van der Waals surface area (Å²) in [4.78, 5) is 31.6. The SMILES string of the molecule is C[C@H](CN(C)Cc1cc(=O)c2cc(C(N)=O)ccc2[nH]1)N1CCOCC1. The summed E-state index contributed by atoms with van der Waals surface area (Å²) in [6.45, 7) is 7.28. The first kappa shape index (κ1) is 18.6. The number of aromatic amines is 1. The van der Waals surface area contributed by atoms with Crippen molar-refractivity contribution >= 4 is 16.8 Å². The highest BCUT2D eigenvalue weighted by molar-refractivity contribution is 5.96. The maximum atomic E-state index is 12.4. The second-order valence-electron chi connectivity index (χ2n) is 6.98. The third-order valence-corrected chi connectivity index (χ3v) is 4.86. The summed E-state index contributed by atoms with van der Waals surface area (Å²) in [7, 11) is 2.05. The molecule has 0 spiro atoms. The molecule has 3 rings (SSSR count). The maximum Gasteiger partial charge on any atom is 0.248 e. The van der Waals surface area contributed by atoms with Gasteiger partial charge in [-0.15, -0.1) is 0 Å². The summed E-state index contributed by atoms with van der Waals surface area (Å²) < 4.78 is 5.40. The minimum absolute atomic E-state index is 0.105. The molecule has 2 aromatic rings. The summed E-state index contributed by atoms with van der Waals surface area (Å²) in [5.74, 6) is -0.535. The van der Waals surface area contributed by atoms with Gasteiger partial charge in [0.05, 0.1) is 13.2 Å². The number of H-pyrrole nitrogens is 1. The Morgan fingerprint density at radius 1 is 1.35 bits per heavy atom. The highest BCUT2D eigenvalue weighted by Crippen LogP contribution is 2.13. The molecule has 2 heterocycles. The maximum absolute atomic E-state index is 12.4. The van der Waals surface area contributed by atoms with Crippen molar-refractivity contribution in [2.45, 2.75) is 19.5 Å². The zero-order valence-corrected chi connectivity index (χ0v) is 15.3. The predicted octanol–water partition coefficient (Wildman–Crippen LogP) is 0.780. The molecule has 26 heavy (non-hydrogen) atoms. The number of fused-ring (bicyclic) bond motifs is 1. The summed E-state index contributed by atoms with van der Waals surface area (Å²) >= 11 is 0. The molecule has 140 valence electrons. The van der Waals surface area contributed by atoms with Crippen LogP contribution in [0.1, 0.15) is 23.0 Å². The molecule has 1 saturated heterocycles. The van der Waals surface area contributed by atoms with E-state index in [2.05, 4.69) is 28.8 Å². The van der Waals surface area contributed by atoms with E-state index in [0.29, 0.717) is 29.1 Å². The number of primary amides is 1. The van der Waals surface area contributed by atoms with Crippen LogP contribution in [0.3, 0.4) is 0 Å². The summed E-state index contributed by atoms with van der Waals surface area (Å²) in [5.41, 5.74) is 7.09. The van der Waals surface area contributed by atoms with E-state index in [0.717, 1.165) is 38.5 Å². The third kappa shape index (κ3) is 4.30. The molecule has 1 atom stereocenters. The second kappa shape index (κ2) is 7.99. The molecule has 0 unspecified atom stereocenters. The largest absolute Gasteiger partial charge is 0.379 e. The fourth-order valence-electron chi connectivity index (χ4n) is 3.48.